The topological polar surface area (TPSA) is 49.8 Å². The first-order valence-corrected chi connectivity index (χ1v) is 4.52. The first-order valence-electron chi connectivity index (χ1n) is 4.52. The van der Waals surface area contributed by atoms with Gasteiger partial charge in [-0.05, 0) is 6.42 Å². The highest BCUT2D eigenvalue weighted by atomic mass is 16.6. The molecule has 2 heterocycles. The van der Waals surface area contributed by atoms with E-state index in [0.717, 1.165) is 6.42 Å². The van der Waals surface area contributed by atoms with E-state index in [2.05, 4.69) is 5.92 Å². The fourth-order valence-corrected chi connectivity index (χ4v) is 1.80. The first kappa shape index (κ1) is 9.10. The summed E-state index contributed by atoms with van der Waals surface area (Å²) >= 11 is 0. The highest BCUT2D eigenvalue weighted by Gasteiger charge is 2.44. The van der Waals surface area contributed by atoms with Gasteiger partial charge in [0, 0.05) is 6.54 Å². The third-order valence-corrected chi connectivity index (χ3v) is 2.52. The molecule has 3 atom stereocenters. The van der Waals surface area contributed by atoms with Gasteiger partial charge in [-0.15, -0.1) is 6.42 Å². The number of cyclic esters (lactones) is 1. The lowest BCUT2D eigenvalue weighted by Gasteiger charge is -2.25. The number of nitrogens with zero attached hydrogens (tertiary/aromatic N) is 1. The van der Waals surface area contributed by atoms with E-state index in [1.807, 2.05) is 12.2 Å². The Hall–Kier alpha value is -1.47. The van der Waals surface area contributed by atoms with Gasteiger partial charge in [0.2, 0.25) is 0 Å². The van der Waals surface area contributed by atoms with Gasteiger partial charge in [0.1, 0.15) is 0 Å². The smallest absolute Gasteiger partial charge is 0.410 e. The van der Waals surface area contributed by atoms with Gasteiger partial charge in [0.15, 0.2) is 12.2 Å². The molecule has 74 valence electrons. The summed E-state index contributed by atoms with van der Waals surface area (Å²) in [6, 6.07) is -0.206. The SMILES string of the molecule is C#C[C@@H](O)[C@H]1OC(=O)N2CCC=C[C@@H]12. The predicted octanol–water partition coefficient (Wildman–Crippen LogP) is 0.130. The quantitative estimate of drug-likeness (QED) is 0.475. The molecule has 2 rings (SSSR count). The average molecular weight is 193 g/mol. The van der Waals surface area contributed by atoms with Crippen LogP contribution in [-0.4, -0.2) is 40.9 Å². The largest absolute Gasteiger partial charge is 0.440 e. The zero-order valence-electron chi connectivity index (χ0n) is 7.59. The van der Waals surface area contributed by atoms with Gasteiger partial charge in [0.05, 0.1) is 6.04 Å². The van der Waals surface area contributed by atoms with Gasteiger partial charge in [-0.25, -0.2) is 4.79 Å². The zero-order valence-corrected chi connectivity index (χ0v) is 7.59. The summed E-state index contributed by atoms with van der Waals surface area (Å²) in [7, 11) is 0. The molecule has 0 aromatic heterocycles. The van der Waals surface area contributed by atoms with E-state index in [1.165, 1.54) is 0 Å². The molecule has 4 nitrogen and oxygen atoms in total. The number of fused-ring (bicyclic) bond motifs is 1. The molecule has 1 fully saturated rings. The maximum Gasteiger partial charge on any atom is 0.410 e. The normalized spacial score (nSPS) is 32.0. The van der Waals surface area contributed by atoms with Crippen LogP contribution in [0.3, 0.4) is 0 Å². The summed E-state index contributed by atoms with van der Waals surface area (Å²) in [5.74, 6) is 2.18. The van der Waals surface area contributed by atoms with E-state index in [0.29, 0.717) is 6.54 Å². The lowest BCUT2D eigenvalue weighted by Crippen LogP contribution is -2.41. The highest BCUT2D eigenvalue weighted by molar-refractivity contribution is 5.71. The summed E-state index contributed by atoms with van der Waals surface area (Å²) in [5, 5.41) is 9.44. The number of hydrogen-bond donors (Lipinski definition) is 1. The molecule has 0 aliphatic carbocycles. The number of ether oxygens (including phenoxy) is 1. The molecule has 0 aromatic rings. The van der Waals surface area contributed by atoms with E-state index >= 15 is 0 Å². The monoisotopic (exact) mass is 193 g/mol. The molecule has 0 aromatic carbocycles. The number of rotatable bonds is 1. The summed E-state index contributed by atoms with van der Waals surface area (Å²) < 4.78 is 5.00. The molecular formula is C10H11NO3. The third kappa shape index (κ3) is 1.26. The van der Waals surface area contributed by atoms with Crippen LogP contribution >= 0.6 is 0 Å². The zero-order chi connectivity index (χ0) is 10.1. The molecule has 2 aliphatic rings. The third-order valence-electron chi connectivity index (χ3n) is 2.52. The number of amides is 1. The average Bonchev–Trinajstić information content (AvgIpc) is 2.56. The van der Waals surface area contributed by atoms with Crippen molar-refractivity contribution in [3.8, 4) is 12.3 Å². The Labute approximate surface area is 82.2 Å². The first-order chi connectivity index (χ1) is 6.74. The van der Waals surface area contributed by atoms with Crippen LogP contribution in [-0.2, 0) is 4.74 Å². The molecular weight excluding hydrogens is 182 g/mol. The van der Waals surface area contributed by atoms with Crippen LogP contribution in [0.25, 0.3) is 0 Å². The highest BCUT2D eigenvalue weighted by Crippen LogP contribution is 2.25. The van der Waals surface area contributed by atoms with Crippen molar-refractivity contribution in [2.45, 2.75) is 24.7 Å². The Bertz CT molecular complexity index is 318. The second kappa shape index (κ2) is 3.35. The summed E-state index contributed by atoms with van der Waals surface area (Å²) in [6.07, 6.45) is 7.70. The summed E-state index contributed by atoms with van der Waals surface area (Å²) in [4.78, 5) is 12.9. The van der Waals surface area contributed by atoms with Crippen molar-refractivity contribution >= 4 is 6.09 Å². The summed E-state index contributed by atoms with van der Waals surface area (Å²) in [5.41, 5.74) is 0. The number of carbonyl (C=O) groups is 1. The number of terminal acetylenes is 1. The van der Waals surface area contributed by atoms with Crippen molar-refractivity contribution in [3.05, 3.63) is 12.2 Å². The Balaban J connectivity index is 2.22. The number of carbonyl (C=O) groups excluding carboxylic acids is 1. The van der Waals surface area contributed by atoms with Gasteiger partial charge in [-0.3, -0.25) is 4.90 Å². The molecule has 0 radical (unpaired) electrons. The molecule has 14 heavy (non-hydrogen) atoms. The molecule has 0 spiro atoms. The van der Waals surface area contributed by atoms with Crippen molar-refractivity contribution in [1.29, 1.82) is 0 Å². The maximum atomic E-state index is 11.3. The van der Waals surface area contributed by atoms with Crippen LogP contribution < -0.4 is 0 Å². The molecule has 0 unspecified atom stereocenters. The van der Waals surface area contributed by atoms with Gasteiger partial charge >= 0.3 is 6.09 Å². The minimum Gasteiger partial charge on any atom is -0.440 e. The maximum absolute atomic E-state index is 11.3. The van der Waals surface area contributed by atoms with Crippen molar-refractivity contribution in [2.75, 3.05) is 6.54 Å². The van der Waals surface area contributed by atoms with E-state index in [1.54, 1.807) is 4.90 Å². The van der Waals surface area contributed by atoms with E-state index in [-0.39, 0.29) is 6.04 Å². The van der Waals surface area contributed by atoms with E-state index in [9.17, 15) is 9.90 Å². The van der Waals surface area contributed by atoms with Gasteiger partial charge in [-0.2, -0.15) is 0 Å². The molecule has 2 aliphatic heterocycles. The van der Waals surface area contributed by atoms with E-state index < -0.39 is 18.3 Å². The van der Waals surface area contributed by atoms with Gasteiger partial charge < -0.3 is 9.84 Å². The Morgan fingerprint density at radius 2 is 2.57 bits per heavy atom. The lowest BCUT2D eigenvalue weighted by molar-refractivity contribution is 0.0555. The van der Waals surface area contributed by atoms with Crippen molar-refractivity contribution in [1.82, 2.24) is 4.90 Å². The van der Waals surface area contributed by atoms with Gasteiger partial charge in [-0.1, -0.05) is 18.1 Å². The van der Waals surface area contributed by atoms with Crippen LogP contribution in [0.2, 0.25) is 0 Å². The van der Waals surface area contributed by atoms with E-state index in [4.69, 9.17) is 11.2 Å². The molecule has 4 heteroatoms. The standard InChI is InChI=1S/C10H11NO3/c1-2-8(12)9-7-5-3-4-6-11(7)10(13)14-9/h1,3,5,7-9,12H,4,6H2/t7-,8+,9-/m0/s1. The Morgan fingerprint density at radius 1 is 1.79 bits per heavy atom. The summed E-state index contributed by atoms with van der Waals surface area (Å²) in [6.45, 7) is 0.633. The fraction of sp³-hybridized carbons (Fsp3) is 0.500. The van der Waals surface area contributed by atoms with Crippen molar-refractivity contribution in [2.24, 2.45) is 0 Å². The van der Waals surface area contributed by atoms with Crippen LogP contribution in [0, 0.1) is 12.3 Å². The number of aliphatic hydroxyl groups is 1. The molecule has 1 saturated heterocycles. The van der Waals surface area contributed by atoms with Crippen LogP contribution in [0.4, 0.5) is 4.79 Å². The minimum atomic E-state index is -1.03. The molecule has 1 N–H and O–H groups in total. The minimum absolute atomic E-state index is 0.206. The van der Waals surface area contributed by atoms with Crippen LogP contribution in [0.1, 0.15) is 6.42 Å². The van der Waals surface area contributed by atoms with Crippen LogP contribution in [0.15, 0.2) is 12.2 Å². The van der Waals surface area contributed by atoms with Crippen LogP contribution in [0.5, 0.6) is 0 Å². The van der Waals surface area contributed by atoms with Gasteiger partial charge in [0.25, 0.3) is 0 Å². The molecule has 1 amide bonds. The van der Waals surface area contributed by atoms with Crippen molar-refractivity contribution in [3.63, 3.8) is 0 Å². The Morgan fingerprint density at radius 3 is 3.29 bits per heavy atom. The molecule has 0 bridgehead atoms. The number of aliphatic hydroxyl groups excluding tert-OH is 1. The Kier molecular flexibility index (Phi) is 2.18. The fourth-order valence-electron chi connectivity index (χ4n) is 1.80. The number of hydrogen-bond acceptors (Lipinski definition) is 3. The second-order valence-corrected chi connectivity index (χ2v) is 3.36. The lowest BCUT2D eigenvalue weighted by atomic mass is 10.0. The predicted molar refractivity (Wildman–Crippen MR) is 49.4 cm³/mol. The molecule has 0 saturated carbocycles. The second-order valence-electron chi connectivity index (χ2n) is 3.36. The van der Waals surface area contributed by atoms with Crippen molar-refractivity contribution < 1.29 is 14.6 Å².